The summed E-state index contributed by atoms with van der Waals surface area (Å²) in [7, 11) is -3.29. The molecule has 0 bridgehead atoms. The highest BCUT2D eigenvalue weighted by Gasteiger charge is 2.22. The summed E-state index contributed by atoms with van der Waals surface area (Å²) in [6.07, 6.45) is 1.60. The van der Waals surface area contributed by atoms with Gasteiger partial charge in [0.2, 0.25) is 10.0 Å². The molecule has 10 heavy (non-hydrogen) atoms. The number of primary sulfonamides is 1. The van der Waals surface area contributed by atoms with Crippen molar-refractivity contribution in [2.24, 2.45) is 5.14 Å². The van der Waals surface area contributed by atoms with Gasteiger partial charge in [-0.25, -0.2) is 13.6 Å². The van der Waals surface area contributed by atoms with Gasteiger partial charge in [-0.2, -0.15) is 0 Å². The topological polar surface area (TPSA) is 72.2 Å². The van der Waals surface area contributed by atoms with Crippen molar-refractivity contribution in [2.75, 3.05) is 13.1 Å². The SMILES string of the molecule is NS(=O)(=O)[C@H]1CCCNC1. The van der Waals surface area contributed by atoms with E-state index in [4.69, 9.17) is 5.14 Å². The summed E-state index contributed by atoms with van der Waals surface area (Å²) in [4.78, 5) is 0. The summed E-state index contributed by atoms with van der Waals surface area (Å²) in [6.45, 7) is 1.42. The Labute approximate surface area is 60.8 Å². The third kappa shape index (κ3) is 1.93. The van der Waals surface area contributed by atoms with E-state index in [-0.39, 0.29) is 5.25 Å². The first-order valence-corrected chi connectivity index (χ1v) is 4.94. The maximum absolute atomic E-state index is 10.7. The van der Waals surface area contributed by atoms with Crippen LogP contribution < -0.4 is 10.5 Å². The number of nitrogens with one attached hydrogen (secondary N) is 1. The largest absolute Gasteiger partial charge is 0.315 e. The Kier molecular flexibility index (Phi) is 2.28. The molecule has 1 saturated heterocycles. The van der Waals surface area contributed by atoms with Crippen LogP contribution in [-0.2, 0) is 10.0 Å². The molecule has 1 heterocycles. The molecule has 1 rings (SSSR count). The lowest BCUT2D eigenvalue weighted by molar-refractivity contribution is 0.497. The maximum Gasteiger partial charge on any atom is 0.213 e. The van der Waals surface area contributed by atoms with Crippen molar-refractivity contribution in [3.05, 3.63) is 0 Å². The molecule has 0 radical (unpaired) electrons. The van der Waals surface area contributed by atoms with Crippen LogP contribution in [0, 0.1) is 0 Å². The summed E-state index contributed by atoms with van der Waals surface area (Å²) < 4.78 is 21.4. The number of hydrogen-bond donors (Lipinski definition) is 2. The predicted octanol–water partition coefficient (Wildman–Crippen LogP) is -0.973. The van der Waals surface area contributed by atoms with Gasteiger partial charge in [0.1, 0.15) is 0 Å². The molecule has 1 fully saturated rings. The number of piperidine rings is 1. The molecular formula is C5H12N2O2S. The lowest BCUT2D eigenvalue weighted by Crippen LogP contribution is -2.41. The number of rotatable bonds is 1. The van der Waals surface area contributed by atoms with Crippen molar-refractivity contribution >= 4 is 10.0 Å². The second-order valence-electron chi connectivity index (χ2n) is 2.56. The second kappa shape index (κ2) is 2.86. The molecule has 0 aliphatic carbocycles. The van der Waals surface area contributed by atoms with Crippen LogP contribution in [0.2, 0.25) is 0 Å². The van der Waals surface area contributed by atoms with Gasteiger partial charge >= 0.3 is 0 Å². The van der Waals surface area contributed by atoms with E-state index in [1.54, 1.807) is 0 Å². The van der Waals surface area contributed by atoms with E-state index in [0.717, 1.165) is 13.0 Å². The van der Waals surface area contributed by atoms with Crippen LogP contribution >= 0.6 is 0 Å². The van der Waals surface area contributed by atoms with Crippen molar-refractivity contribution < 1.29 is 8.42 Å². The van der Waals surface area contributed by atoms with Crippen LogP contribution in [0.1, 0.15) is 12.8 Å². The van der Waals surface area contributed by atoms with Crippen molar-refractivity contribution in [1.29, 1.82) is 0 Å². The number of nitrogens with two attached hydrogens (primary N) is 1. The molecular weight excluding hydrogens is 152 g/mol. The van der Waals surface area contributed by atoms with E-state index < -0.39 is 10.0 Å². The Morgan fingerprint density at radius 2 is 2.20 bits per heavy atom. The number of sulfonamides is 1. The zero-order valence-corrected chi connectivity index (χ0v) is 6.52. The molecule has 0 aromatic rings. The molecule has 0 saturated carbocycles. The van der Waals surface area contributed by atoms with E-state index >= 15 is 0 Å². The van der Waals surface area contributed by atoms with Crippen LogP contribution in [0.15, 0.2) is 0 Å². The highest BCUT2D eigenvalue weighted by molar-refractivity contribution is 7.89. The van der Waals surface area contributed by atoms with Gasteiger partial charge in [0.05, 0.1) is 5.25 Å². The molecule has 1 atom stereocenters. The van der Waals surface area contributed by atoms with Crippen molar-refractivity contribution in [3.8, 4) is 0 Å². The summed E-state index contributed by atoms with van der Waals surface area (Å²) in [6, 6.07) is 0. The minimum atomic E-state index is -3.29. The normalized spacial score (nSPS) is 28.3. The third-order valence-electron chi connectivity index (χ3n) is 1.72. The molecule has 1 aliphatic rings. The Morgan fingerprint density at radius 3 is 2.50 bits per heavy atom. The van der Waals surface area contributed by atoms with Gasteiger partial charge in [-0.15, -0.1) is 0 Å². The summed E-state index contributed by atoms with van der Waals surface area (Å²) in [5.41, 5.74) is 0. The molecule has 3 N–H and O–H groups in total. The quantitative estimate of drug-likeness (QED) is 0.523. The van der Waals surface area contributed by atoms with Crippen LogP contribution in [0.25, 0.3) is 0 Å². The Balaban J connectivity index is 2.56. The van der Waals surface area contributed by atoms with E-state index in [1.807, 2.05) is 0 Å². The molecule has 4 nitrogen and oxygen atoms in total. The minimum Gasteiger partial charge on any atom is -0.315 e. The summed E-state index contributed by atoms with van der Waals surface area (Å²) in [5, 5.41) is 7.56. The van der Waals surface area contributed by atoms with E-state index in [2.05, 4.69) is 5.32 Å². The average Bonchev–Trinajstić information content (AvgIpc) is 1.88. The molecule has 0 spiro atoms. The second-order valence-corrected chi connectivity index (χ2v) is 4.40. The zero-order chi connectivity index (χ0) is 7.61. The molecule has 0 aromatic heterocycles. The molecule has 5 heteroatoms. The lowest BCUT2D eigenvalue weighted by atomic mass is 10.2. The van der Waals surface area contributed by atoms with Gasteiger partial charge in [-0.05, 0) is 19.4 Å². The monoisotopic (exact) mass is 164 g/mol. The van der Waals surface area contributed by atoms with Crippen molar-refractivity contribution in [2.45, 2.75) is 18.1 Å². The fourth-order valence-corrected chi connectivity index (χ4v) is 1.95. The van der Waals surface area contributed by atoms with Crippen LogP contribution in [0.4, 0.5) is 0 Å². The van der Waals surface area contributed by atoms with Crippen molar-refractivity contribution in [1.82, 2.24) is 5.32 Å². The third-order valence-corrected chi connectivity index (χ3v) is 3.05. The van der Waals surface area contributed by atoms with Gasteiger partial charge in [0.15, 0.2) is 0 Å². The average molecular weight is 164 g/mol. The molecule has 0 amide bonds. The molecule has 1 aliphatic heterocycles. The predicted molar refractivity (Wildman–Crippen MR) is 39.0 cm³/mol. The van der Waals surface area contributed by atoms with Gasteiger partial charge in [-0.3, -0.25) is 0 Å². The Morgan fingerprint density at radius 1 is 1.50 bits per heavy atom. The lowest BCUT2D eigenvalue weighted by Gasteiger charge is -2.20. The van der Waals surface area contributed by atoms with E-state index in [0.29, 0.717) is 13.0 Å². The highest BCUT2D eigenvalue weighted by atomic mass is 32.2. The standard InChI is InChI=1S/C5H12N2O2S/c6-10(8,9)5-2-1-3-7-4-5/h5,7H,1-4H2,(H2,6,8,9)/t5-/m0/s1. The first-order valence-electron chi connectivity index (χ1n) is 3.33. The van der Waals surface area contributed by atoms with Crippen LogP contribution in [0.5, 0.6) is 0 Å². The van der Waals surface area contributed by atoms with Gasteiger partial charge in [0, 0.05) is 6.54 Å². The Bertz CT molecular complexity index is 194. The van der Waals surface area contributed by atoms with Crippen LogP contribution in [0.3, 0.4) is 0 Å². The maximum atomic E-state index is 10.7. The molecule has 0 aromatic carbocycles. The minimum absolute atomic E-state index is 0.360. The molecule has 0 unspecified atom stereocenters. The van der Waals surface area contributed by atoms with Gasteiger partial charge in [0.25, 0.3) is 0 Å². The zero-order valence-electron chi connectivity index (χ0n) is 5.71. The number of hydrogen-bond acceptors (Lipinski definition) is 3. The van der Waals surface area contributed by atoms with Crippen molar-refractivity contribution in [3.63, 3.8) is 0 Å². The van der Waals surface area contributed by atoms with E-state index in [9.17, 15) is 8.42 Å². The van der Waals surface area contributed by atoms with Crippen LogP contribution in [-0.4, -0.2) is 26.8 Å². The fourth-order valence-electron chi connectivity index (χ4n) is 1.10. The first-order chi connectivity index (χ1) is 4.61. The summed E-state index contributed by atoms with van der Waals surface area (Å²) in [5.74, 6) is 0. The molecule has 60 valence electrons. The summed E-state index contributed by atoms with van der Waals surface area (Å²) >= 11 is 0. The van der Waals surface area contributed by atoms with Gasteiger partial charge in [-0.1, -0.05) is 0 Å². The smallest absolute Gasteiger partial charge is 0.213 e. The Hall–Kier alpha value is -0.130. The van der Waals surface area contributed by atoms with E-state index in [1.165, 1.54) is 0 Å². The first kappa shape index (κ1) is 7.97. The fraction of sp³-hybridized carbons (Fsp3) is 1.00. The van der Waals surface area contributed by atoms with Gasteiger partial charge < -0.3 is 5.32 Å². The highest BCUT2D eigenvalue weighted by Crippen LogP contribution is 2.07.